The van der Waals surface area contributed by atoms with Gasteiger partial charge in [-0.05, 0) is 6.92 Å². The Kier molecular flexibility index (Phi) is 9.07. The van der Waals surface area contributed by atoms with Crippen LogP contribution in [-0.2, 0) is 23.4 Å². The maximum Gasteiger partial charge on any atom is 0.470 e. The Balaban J connectivity index is 4.06. The number of hydrogen-bond acceptors (Lipinski definition) is 5. The van der Waals surface area contributed by atoms with Gasteiger partial charge in [0.15, 0.2) is 0 Å². The highest BCUT2D eigenvalue weighted by molar-refractivity contribution is 7.46. The number of likely N-dealkylation sites (N-methyl/N-ethyl adjacent to an activating group) is 1. The van der Waals surface area contributed by atoms with Crippen molar-refractivity contribution in [3.8, 4) is 0 Å². The third-order valence-corrected chi connectivity index (χ3v) is 3.00. The number of hydrogen-bond donors (Lipinski definition) is 2. The predicted octanol–water partition coefficient (Wildman–Crippen LogP) is 0.697. The van der Waals surface area contributed by atoms with E-state index >= 15 is 0 Å². The summed E-state index contributed by atoms with van der Waals surface area (Å²) in [5, 5.41) is 0. The summed E-state index contributed by atoms with van der Waals surface area (Å²) in [6.07, 6.45) is -0.298. The normalized spacial score (nSPS) is 13.7. The van der Waals surface area contributed by atoms with Crippen molar-refractivity contribution in [1.82, 2.24) is 0 Å². The van der Waals surface area contributed by atoms with E-state index in [1.807, 2.05) is 21.1 Å². The molecule has 8 nitrogen and oxygen atoms in total. The maximum absolute atomic E-state index is 11.1. The van der Waals surface area contributed by atoms with Crippen molar-refractivity contribution >= 4 is 13.8 Å². The molecule has 0 aliphatic carbocycles. The van der Waals surface area contributed by atoms with E-state index in [9.17, 15) is 9.36 Å². The number of phosphoric acid groups is 1. The molecule has 0 fully saturated rings. The van der Waals surface area contributed by atoms with Gasteiger partial charge in [-0.25, -0.2) is 9.36 Å². The van der Waals surface area contributed by atoms with E-state index in [-0.39, 0.29) is 19.8 Å². The molecule has 0 aliphatic heterocycles. The molecule has 0 aromatic carbocycles. The van der Waals surface area contributed by atoms with E-state index in [4.69, 9.17) is 23.8 Å². The topological polar surface area (TPSA) is 102 Å². The summed E-state index contributed by atoms with van der Waals surface area (Å²) in [6.45, 7) is 5.99. The van der Waals surface area contributed by atoms with Crippen LogP contribution in [0.4, 0.5) is 0 Å². The third-order valence-electron chi connectivity index (χ3n) is 2.43. The van der Waals surface area contributed by atoms with Gasteiger partial charge in [-0.1, -0.05) is 6.58 Å². The van der Waals surface area contributed by atoms with Crippen LogP contribution in [0.15, 0.2) is 12.2 Å². The molecule has 1 unspecified atom stereocenters. The second-order valence-corrected chi connectivity index (χ2v) is 7.20. The molecule has 130 valence electrons. The summed E-state index contributed by atoms with van der Waals surface area (Å²) in [4.78, 5) is 28.9. The Bertz CT molecular complexity index is 413. The summed E-state index contributed by atoms with van der Waals surface area (Å²) in [5.74, 6) is -0.476. The average Bonchev–Trinajstić information content (AvgIpc) is 2.28. The Morgan fingerprint density at radius 2 is 1.82 bits per heavy atom. The van der Waals surface area contributed by atoms with Crippen LogP contribution < -0.4 is 0 Å². The first-order valence-corrected chi connectivity index (χ1v) is 8.38. The Hall–Kier alpha value is -0.760. The molecule has 22 heavy (non-hydrogen) atoms. The van der Waals surface area contributed by atoms with Crippen molar-refractivity contribution in [1.29, 1.82) is 0 Å². The summed E-state index contributed by atoms with van der Waals surface area (Å²) in [5.41, 5.74) is 0.318. The highest BCUT2D eigenvalue weighted by Gasteiger charge is 2.26. The zero-order chi connectivity index (χ0) is 17.4. The quantitative estimate of drug-likeness (QED) is 0.188. The third kappa shape index (κ3) is 12.9. The van der Waals surface area contributed by atoms with Gasteiger partial charge in [0.25, 0.3) is 0 Å². The molecular formula is C13H27NO7P+. The number of nitrogens with zero attached hydrogens (tertiary/aromatic N) is 1. The van der Waals surface area contributed by atoms with Crippen molar-refractivity contribution in [3.63, 3.8) is 0 Å². The van der Waals surface area contributed by atoms with E-state index in [1.54, 1.807) is 6.92 Å². The standard InChI is InChI=1S/C13H26NO7P/c1-11(2)13(15)20-9-8-19-7-6-12(10-14(3,4)5)21-22(16,17)18/h12H,1,6-10H2,2-5H3,(H-,16,17,18)/p+1. The van der Waals surface area contributed by atoms with Crippen LogP contribution in [0.5, 0.6) is 0 Å². The van der Waals surface area contributed by atoms with Crippen LogP contribution >= 0.6 is 7.82 Å². The van der Waals surface area contributed by atoms with Crippen LogP contribution in [0.25, 0.3) is 0 Å². The number of phosphoric ester groups is 1. The molecule has 0 heterocycles. The first kappa shape index (κ1) is 21.2. The molecule has 0 spiro atoms. The first-order valence-electron chi connectivity index (χ1n) is 6.85. The zero-order valence-electron chi connectivity index (χ0n) is 13.7. The first-order chi connectivity index (χ1) is 9.91. The van der Waals surface area contributed by atoms with Gasteiger partial charge >= 0.3 is 13.8 Å². The molecule has 0 amide bonds. The Morgan fingerprint density at radius 1 is 1.23 bits per heavy atom. The fourth-order valence-corrected chi connectivity index (χ4v) is 2.18. The molecule has 0 saturated carbocycles. The highest BCUT2D eigenvalue weighted by Crippen LogP contribution is 2.38. The summed E-state index contributed by atoms with van der Waals surface area (Å²) >= 11 is 0. The van der Waals surface area contributed by atoms with E-state index in [1.165, 1.54) is 0 Å². The van der Waals surface area contributed by atoms with Gasteiger partial charge in [-0.15, -0.1) is 0 Å². The fraction of sp³-hybridized carbons (Fsp3) is 0.769. The monoisotopic (exact) mass is 340 g/mol. The van der Waals surface area contributed by atoms with Crippen molar-refractivity contribution < 1.29 is 37.6 Å². The number of ether oxygens (including phenoxy) is 2. The minimum absolute atomic E-state index is 0.102. The minimum Gasteiger partial charge on any atom is -0.460 e. The van der Waals surface area contributed by atoms with E-state index in [0.29, 0.717) is 23.0 Å². The van der Waals surface area contributed by atoms with Gasteiger partial charge in [-0.2, -0.15) is 0 Å². The maximum atomic E-state index is 11.1. The Labute approximate surface area is 131 Å². The predicted molar refractivity (Wildman–Crippen MR) is 81.0 cm³/mol. The van der Waals surface area contributed by atoms with Crippen LogP contribution in [0.3, 0.4) is 0 Å². The molecule has 2 N–H and O–H groups in total. The highest BCUT2D eigenvalue weighted by atomic mass is 31.2. The van der Waals surface area contributed by atoms with Gasteiger partial charge in [0, 0.05) is 18.6 Å². The SMILES string of the molecule is C=C(C)C(=O)OCCOCCC(C[N+](C)(C)C)OP(=O)(O)O. The van der Waals surface area contributed by atoms with E-state index in [0.717, 1.165) is 0 Å². The average molecular weight is 340 g/mol. The lowest BCUT2D eigenvalue weighted by Gasteiger charge is -2.29. The molecule has 0 saturated heterocycles. The lowest BCUT2D eigenvalue weighted by Crippen LogP contribution is -2.42. The molecular weight excluding hydrogens is 313 g/mol. The number of rotatable bonds is 11. The van der Waals surface area contributed by atoms with E-state index in [2.05, 4.69) is 6.58 Å². The van der Waals surface area contributed by atoms with Crippen LogP contribution in [0, 0.1) is 0 Å². The molecule has 0 aromatic heterocycles. The van der Waals surface area contributed by atoms with Crippen molar-refractivity contribution in [2.75, 3.05) is 47.5 Å². The molecule has 0 rings (SSSR count). The zero-order valence-corrected chi connectivity index (χ0v) is 14.5. The number of esters is 1. The van der Waals surface area contributed by atoms with Crippen LogP contribution in [0.2, 0.25) is 0 Å². The Morgan fingerprint density at radius 3 is 2.27 bits per heavy atom. The number of carbonyl (C=O) groups is 1. The number of carbonyl (C=O) groups excluding carboxylic acids is 1. The molecule has 0 aliphatic rings. The smallest absolute Gasteiger partial charge is 0.460 e. The summed E-state index contributed by atoms with van der Waals surface area (Å²) < 4.78 is 26.4. The molecule has 1 atom stereocenters. The van der Waals surface area contributed by atoms with Gasteiger partial charge < -0.3 is 23.7 Å². The fourth-order valence-electron chi connectivity index (χ4n) is 1.62. The molecule has 9 heteroatoms. The molecule has 0 radical (unpaired) electrons. The number of quaternary nitrogens is 1. The lowest BCUT2D eigenvalue weighted by molar-refractivity contribution is -0.873. The second kappa shape index (κ2) is 9.39. The van der Waals surface area contributed by atoms with Gasteiger partial charge in [0.05, 0.1) is 27.7 Å². The molecule has 0 aromatic rings. The van der Waals surface area contributed by atoms with E-state index < -0.39 is 19.9 Å². The second-order valence-electron chi connectivity index (χ2n) is 6.01. The van der Waals surface area contributed by atoms with Crippen molar-refractivity contribution in [2.24, 2.45) is 0 Å². The lowest BCUT2D eigenvalue weighted by atomic mass is 10.2. The van der Waals surface area contributed by atoms with Crippen molar-refractivity contribution in [3.05, 3.63) is 12.2 Å². The van der Waals surface area contributed by atoms with Crippen LogP contribution in [-0.4, -0.2) is 73.9 Å². The van der Waals surface area contributed by atoms with Gasteiger partial charge in [0.2, 0.25) is 0 Å². The molecule has 0 bridgehead atoms. The summed E-state index contributed by atoms with van der Waals surface area (Å²) in [7, 11) is 1.15. The minimum atomic E-state index is -4.54. The van der Waals surface area contributed by atoms with Gasteiger partial charge in [0.1, 0.15) is 19.3 Å². The van der Waals surface area contributed by atoms with Crippen molar-refractivity contribution in [2.45, 2.75) is 19.4 Å². The largest absolute Gasteiger partial charge is 0.470 e. The van der Waals surface area contributed by atoms with Crippen LogP contribution in [0.1, 0.15) is 13.3 Å². The summed E-state index contributed by atoms with van der Waals surface area (Å²) in [6, 6.07) is 0. The van der Waals surface area contributed by atoms with Gasteiger partial charge in [-0.3, -0.25) is 4.52 Å².